The van der Waals surface area contributed by atoms with Crippen LogP contribution in [0.1, 0.15) is 60.7 Å². The summed E-state index contributed by atoms with van der Waals surface area (Å²) < 4.78 is 11.3. The number of benzene rings is 1. The van der Waals surface area contributed by atoms with E-state index in [1.165, 1.54) is 0 Å². The Bertz CT molecular complexity index is 1130. The van der Waals surface area contributed by atoms with Gasteiger partial charge in [0.1, 0.15) is 24.0 Å². The summed E-state index contributed by atoms with van der Waals surface area (Å²) in [6.45, 7) is 6.26. The molecule has 4 aliphatic rings. The predicted molar refractivity (Wildman–Crippen MR) is 118 cm³/mol. The number of ether oxygens (including phenoxy) is 2. The summed E-state index contributed by atoms with van der Waals surface area (Å²) >= 11 is 0. The molecule has 1 aromatic rings. The summed E-state index contributed by atoms with van der Waals surface area (Å²) in [6.07, 6.45) is 0.308. The van der Waals surface area contributed by atoms with Crippen molar-refractivity contribution in [2.75, 3.05) is 18.1 Å². The lowest BCUT2D eigenvalue weighted by molar-refractivity contribution is -0.136. The van der Waals surface area contributed by atoms with Crippen LogP contribution in [-0.2, 0) is 14.3 Å². The fraction of sp³-hybridized carbons (Fsp3) is 0.522. The van der Waals surface area contributed by atoms with Crippen molar-refractivity contribution in [1.82, 2.24) is 15.5 Å². The molecule has 1 unspecified atom stereocenters. The van der Waals surface area contributed by atoms with Gasteiger partial charge in [0.25, 0.3) is 11.8 Å². The number of imide groups is 2. The topological polar surface area (TPSA) is 134 Å². The molecule has 0 aliphatic carbocycles. The van der Waals surface area contributed by atoms with Crippen LogP contribution in [0.4, 0.5) is 10.5 Å². The van der Waals surface area contributed by atoms with Crippen LogP contribution in [0.3, 0.4) is 0 Å². The van der Waals surface area contributed by atoms with Gasteiger partial charge in [0.2, 0.25) is 11.8 Å². The first-order chi connectivity index (χ1) is 16.0. The molecule has 5 rings (SSSR count). The lowest BCUT2D eigenvalue weighted by Gasteiger charge is -2.33. The van der Waals surface area contributed by atoms with Gasteiger partial charge in [0.05, 0.1) is 28.9 Å². The fourth-order valence-electron chi connectivity index (χ4n) is 4.96. The summed E-state index contributed by atoms with van der Waals surface area (Å²) in [5.74, 6) is -1.74. The van der Waals surface area contributed by atoms with Crippen molar-refractivity contribution in [3.8, 4) is 5.75 Å². The molecule has 34 heavy (non-hydrogen) atoms. The Hall–Kier alpha value is -3.63. The van der Waals surface area contributed by atoms with E-state index in [-0.39, 0.29) is 36.1 Å². The van der Waals surface area contributed by atoms with E-state index in [4.69, 9.17) is 9.47 Å². The third-order valence-electron chi connectivity index (χ3n) is 6.40. The zero-order valence-electron chi connectivity index (χ0n) is 19.2. The van der Waals surface area contributed by atoms with Crippen molar-refractivity contribution >= 4 is 35.4 Å². The number of fused-ring (bicyclic) bond motifs is 4. The maximum absolute atomic E-state index is 13.2. The van der Waals surface area contributed by atoms with Gasteiger partial charge in [-0.2, -0.15) is 0 Å². The number of carbonyl (C=O) groups excluding carboxylic acids is 5. The number of nitrogens with one attached hydrogen (secondary N) is 2. The van der Waals surface area contributed by atoms with Crippen molar-refractivity contribution in [3.63, 3.8) is 0 Å². The Morgan fingerprint density at radius 2 is 1.85 bits per heavy atom. The van der Waals surface area contributed by atoms with Crippen LogP contribution in [0.15, 0.2) is 12.1 Å². The third kappa shape index (κ3) is 3.74. The molecule has 11 heteroatoms. The lowest BCUT2D eigenvalue weighted by atomic mass is 10.0. The van der Waals surface area contributed by atoms with E-state index in [1.54, 1.807) is 32.9 Å². The quantitative estimate of drug-likeness (QED) is 0.611. The monoisotopic (exact) mass is 470 g/mol. The number of nitrogens with zero attached hydrogens (tertiary/aromatic N) is 2. The van der Waals surface area contributed by atoms with Gasteiger partial charge in [-0.3, -0.25) is 29.4 Å². The number of anilines is 1. The Balaban J connectivity index is 1.37. The molecule has 180 valence electrons. The largest absolute Gasteiger partial charge is 0.489 e. The first-order valence-electron chi connectivity index (χ1n) is 11.3. The zero-order chi connectivity index (χ0) is 24.4. The number of amides is 5. The minimum absolute atomic E-state index is 0.0102. The van der Waals surface area contributed by atoms with Crippen LogP contribution in [0.2, 0.25) is 0 Å². The van der Waals surface area contributed by atoms with Gasteiger partial charge in [0, 0.05) is 13.0 Å². The average molecular weight is 470 g/mol. The Kier molecular flexibility index (Phi) is 5.03. The minimum atomic E-state index is -1.02. The summed E-state index contributed by atoms with van der Waals surface area (Å²) in [6, 6.07) is 1.97. The highest BCUT2D eigenvalue weighted by Gasteiger charge is 2.47. The van der Waals surface area contributed by atoms with Gasteiger partial charge in [-0.05, 0) is 45.7 Å². The molecule has 4 aliphatic heterocycles. The maximum atomic E-state index is 13.2. The van der Waals surface area contributed by atoms with Gasteiger partial charge in [-0.25, -0.2) is 4.79 Å². The molecule has 0 spiro atoms. The Morgan fingerprint density at radius 3 is 2.53 bits per heavy atom. The first-order valence-corrected chi connectivity index (χ1v) is 11.3. The number of carbonyl (C=O) groups is 5. The SMILES string of the molecule is CC(C)(C)OC(=O)N[C@H]1C[C@H]2COc3cc4c(cc3N2C1)C(=O)N(C1CCC(=O)NC1=O)C4=O. The molecule has 0 aromatic heterocycles. The molecule has 11 nitrogen and oxygen atoms in total. The molecular weight excluding hydrogens is 444 g/mol. The summed E-state index contributed by atoms with van der Waals surface area (Å²) in [7, 11) is 0. The van der Waals surface area contributed by atoms with E-state index in [0.717, 1.165) is 4.90 Å². The highest BCUT2D eigenvalue weighted by molar-refractivity contribution is 6.24. The van der Waals surface area contributed by atoms with Crippen LogP contribution in [0, 0.1) is 0 Å². The van der Waals surface area contributed by atoms with E-state index in [9.17, 15) is 24.0 Å². The van der Waals surface area contributed by atoms with Crippen molar-refractivity contribution < 1.29 is 33.4 Å². The van der Waals surface area contributed by atoms with Crippen molar-refractivity contribution in [1.29, 1.82) is 0 Å². The van der Waals surface area contributed by atoms with Crippen LogP contribution < -0.4 is 20.3 Å². The number of hydrogen-bond donors (Lipinski definition) is 2. The molecule has 0 bridgehead atoms. The standard InChI is InChI=1S/C23H26N4O7/c1-23(2,3)34-22(32)24-11-6-12-10-33-17-8-14-13(7-16(17)26(12)9-11)20(30)27(21(14)31)15-4-5-18(28)25-19(15)29/h7-8,11-12,15H,4-6,9-10H2,1-3H3,(H,24,32)(H,25,28,29)/t11-,12-,15?/m0/s1. The molecular formula is C23H26N4O7. The van der Waals surface area contributed by atoms with Crippen molar-refractivity contribution in [3.05, 3.63) is 23.3 Å². The second-order valence-corrected chi connectivity index (χ2v) is 10.0. The Morgan fingerprint density at radius 1 is 1.15 bits per heavy atom. The molecule has 0 saturated carbocycles. The van der Waals surface area contributed by atoms with Gasteiger partial charge in [0.15, 0.2) is 0 Å². The highest BCUT2D eigenvalue weighted by atomic mass is 16.6. The number of piperidine rings is 1. The minimum Gasteiger partial charge on any atom is -0.489 e. The second-order valence-electron chi connectivity index (χ2n) is 10.0. The first kappa shape index (κ1) is 22.2. The average Bonchev–Trinajstić information content (AvgIpc) is 3.24. The summed E-state index contributed by atoms with van der Waals surface area (Å²) in [5, 5.41) is 5.08. The van der Waals surface area contributed by atoms with Crippen LogP contribution in [0.5, 0.6) is 5.75 Å². The molecule has 5 amide bonds. The summed E-state index contributed by atoms with van der Waals surface area (Å²) in [5.41, 5.74) is 0.429. The predicted octanol–water partition coefficient (Wildman–Crippen LogP) is 0.952. The van der Waals surface area contributed by atoms with Crippen LogP contribution in [-0.4, -0.2) is 71.5 Å². The zero-order valence-corrected chi connectivity index (χ0v) is 19.2. The van der Waals surface area contributed by atoms with Crippen LogP contribution >= 0.6 is 0 Å². The maximum Gasteiger partial charge on any atom is 0.407 e. The van der Waals surface area contributed by atoms with E-state index < -0.39 is 41.4 Å². The van der Waals surface area contributed by atoms with Crippen molar-refractivity contribution in [2.45, 2.75) is 63.8 Å². The van der Waals surface area contributed by atoms with Gasteiger partial charge < -0.3 is 19.7 Å². The number of alkyl carbamates (subject to hydrolysis) is 1. The molecule has 1 aromatic carbocycles. The molecule has 0 radical (unpaired) electrons. The molecule has 2 fully saturated rings. The smallest absolute Gasteiger partial charge is 0.407 e. The number of hydrogen-bond acceptors (Lipinski definition) is 8. The Labute approximate surface area is 195 Å². The molecule has 2 saturated heterocycles. The van der Waals surface area contributed by atoms with Gasteiger partial charge >= 0.3 is 6.09 Å². The fourth-order valence-corrected chi connectivity index (χ4v) is 4.96. The van der Waals surface area contributed by atoms with E-state index in [2.05, 4.69) is 15.5 Å². The van der Waals surface area contributed by atoms with E-state index >= 15 is 0 Å². The highest BCUT2D eigenvalue weighted by Crippen LogP contribution is 2.42. The molecule has 2 N–H and O–H groups in total. The number of rotatable bonds is 2. The van der Waals surface area contributed by atoms with E-state index in [1.807, 2.05) is 0 Å². The summed E-state index contributed by atoms with van der Waals surface area (Å²) in [4.78, 5) is 65.2. The molecule has 3 atom stereocenters. The van der Waals surface area contributed by atoms with Crippen LogP contribution in [0.25, 0.3) is 0 Å². The lowest BCUT2D eigenvalue weighted by Crippen LogP contribution is -2.54. The van der Waals surface area contributed by atoms with E-state index in [0.29, 0.717) is 31.0 Å². The van der Waals surface area contributed by atoms with Crippen molar-refractivity contribution in [2.24, 2.45) is 0 Å². The second kappa shape index (κ2) is 7.71. The third-order valence-corrected chi connectivity index (χ3v) is 6.40. The molecule has 4 heterocycles. The van der Waals surface area contributed by atoms with Gasteiger partial charge in [-0.15, -0.1) is 0 Å². The normalized spacial score (nSPS) is 25.9. The van der Waals surface area contributed by atoms with Gasteiger partial charge in [-0.1, -0.05) is 0 Å².